The molecule has 0 amide bonds. The Morgan fingerprint density at radius 1 is 0.656 bits per heavy atom. The Morgan fingerprint density at radius 2 is 1.12 bits per heavy atom. The number of halogens is 3. The van der Waals surface area contributed by atoms with E-state index in [0.717, 1.165) is 16.5 Å². The van der Waals surface area contributed by atoms with Crippen LogP contribution < -0.4 is 29.6 Å². The van der Waals surface area contributed by atoms with Crippen LogP contribution in [0, 0.1) is 0 Å². The van der Waals surface area contributed by atoms with E-state index in [2.05, 4.69) is 32.1 Å². The van der Waals surface area contributed by atoms with Crippen LogP contribution in [0.4, 0.5) is 0 Å². The Balaban J connectivity index is 0.000000257. The van der Waals surface area contributed by atoms with Crippen LogP contribution in [0.2, 0.25) is 15.5 Å². The monoisotopic (exact) mass is 530 g/mol. The van der Waals surface area contributed by atoms with Crippen LogP contribution in [0.25, 0.3) is 0 Å². The Labute approximate surface area is 235 Å². The molecule has 0 aliphatic heterocycles. The molecule has 10 heteroatoms. The van der Waals surface area contributed by atoms with Gasteiger partial charge in [0.05, 0.1) is 24.8 Å². The zero-order valence-corrected chi connectivity index (χ0v) is 23.1. The first-order valence-corrected chi connectivity index (χ1v) is 11.7. The maximum Gasteiger partial charge on any atom is 1.00 e. The van der Waals surface area contributed by atoms with Gasteiger partial charge in [-0.3, -0.25) is 9.97 Å². The van der Waals surface area contributed by atoms with Crippen LogP contribution in [-0.4, -0.2) is 19.9 Å². The Hall–Kier alpha value is -0.830. The van der Waals surface area contributed by atoms with Crippen LogP contribution in [0.5, 0.6) is 0 Å². The molecule has 0 saturated heterocycles. The summed E-state index contributed by atoms with van der Waals surface area (Å²) in [7, 11) is 0. The number of hydrogen-bond acceptors (Lipinski definition) is 6. The second kappa shape index (κ2) is 17.6. The van der Waals surface area contributed by atoms with Crippen molar-refractivity contribution in [2.45, 2.75) is 16.5 Å². The van der Waals surface area contributed by atoms with Gasteiger partial charge in [0.25, 0.3) is 0 Å². The average molecular weight is 532 g/mol. The van der Waals surface area contributed by atoms with Gasteiger partial charge in [-0.25, -0.2) is 9.97 Å². The largest absolute Gasteiger partial charge is 1.00 e. The van der Waals surface area contributed by atoms with Crippen molar-refractivity contribution in [3.63, 3.8) is 0 Å². The third-order valence-corrected chi connectivity index (χ3v) is 5.25. The van der Waals surface area contributed by atoms with E-state index >= 15 is 0 Å². The quantitative estimate of drug-likeness (QED) is 0.226. The third kappa shape index (κ3) is 13.0. The van der Waals surface area contributed by atoms with Gasteiger partial charge in [0.1, 0.15) is 20.5 Å². The van der Waals surface area contributed by atoms with Crippen LogP contribution in [0.3, 0.4) is 0 Å². The Kier molecular flexibility index (Phi) is 16.1. The first kappa shape index (κ1) is 29.2. The van der Waals surface area contributed by atoms with Crippen LogP contribution in [-0.2, 0) is 24.1 Å². The topological polar surface area (TPSA) is 51.6 Å². The van der Waals surface area contributed by atoms with Crippen molar-refractivity contribution >= 4 is 59.2 Å². The number of aromatic nitrogens is 4. The van der Waals surface area contributed by atoms with Crippen molar-refractivity contribution in [2.24, 2.45) is 0 Å². The summed E-state index contributed by atoms with van der Waals surface area (Å²) in [6.45, 7) is 0. The minimum absolute atomic E-state index is 0. The van der Waals surface area contributed by atoms with Crippen molar-refractivity contribution in [3.05, 3.63) is 112 Å². The van der Waals surface area contributed by atoms with Crippen molar-refractivity contribution in [3.8, 4) is 0 Å². The van der Waals surface area contributed by atoms with Gasteiger partial charge in [0, 0.05) is 5.75 Å². The van der Waals surface area contributed by atoms with Gasteiger partial charge >= 0.3 is 29.6 Å². The van der Waals surface area contributed by atoms with E-state index in [9.17, 15) is 0 Å². The molecular weight excluding hydrogens is 514 g/mol. The Morgan fingerprint density at radius 3 is 1.53 bits per heavy atom. The number of nitrogens with zero attached hydrogens (tertiary/aromatic N) is 4. The summed E-state index contributed by atoms with van der Waals surface area (Å²) in [5.41, 5.74) is 2.49. The molecule has 0 aliphatic carbocycles. The van der Waals surface area contributed by atoms with E-state index < -0.39 is 0 Å². The van der Waals surface area contributed by atoms with Gasteiger partial charge in [0.2, 0.25) is 0 Å². The molecule has 2 heterocycles. The van der Waals surface area contributed by atoms with E-state index in [-0.39, 0.29) is 29.6 Å². The molecular formula is C22H18Cl3N4NaS2. The number of benzene rings is 2. The molecule has 4 aromatic rings. The molecule has 0 unspecified atom stereocenters. The van der Waals surface area contributed by atoms with Gasteiger partial charge < -0.3 is 12.6 Å². The van der Waals surface area contributed by atoms with Crippen molar-refractivity contribution in [1.29, 1.82) is 0 Å². The van der Waals surface area contributed by atoms with Crippen molar-refractivity contribution in [1.82, 2.24) is 19.9 Å². The molecule has 0 atom stereocenters. The zero-order chi connectivity index (χ0) is 22.3. The second-order valence-electron chi connectivity index (χ2n) is 5.75. The van der Waals surface area contributed by atoms with E-state index in [1.807, 2.05) is 48.5 Å². The summed E-state index contributed by atoms with van der Waals surface area (Å²) >= 11 is 23.0. The molecule has 32 heavy (non-hydrogen) atoms. The van der Waals surface area contributed by atoms with Crippen molar-refractivity contribution in [2.75, 3.05) is 0 Å². The van der Waals surface area contributed by atoms with Crippen LogP contribution in [0.15, 0.2) is 90.5 Å². The molecule has 0 N–H and O–H groups in total. The fraction of sp³-hybridized carbons (Fsp3) is 0.0909. The summed E-state index contributed by atoms with van der Waals surface area (Å²) in [6, 6.07) is 20.3. The van der Waals surface area contributed by atoms with Gasteiger partial charge in [-0.2, -0.15) is 5.75 Å². The fourth-order valence-corrected chi connectivity index (χ4v) is 3.55. The van der Waals surface area contributed by atoms with E-state index in [4.69, 9.17) is 47.4 Å². The molecule has 2 aromatic carbocycles. The maximum absolute atomic E-state index is 5.74. The SMILES string of the molecule is Clc1cncc(Cl)n1.Clc1cncc(SCc2ccccc2)n1.[Na+].[S-]Cc1ccccc1. The second-order valence-corrected chi connectivity index (χ2v) is 8.19. The predicted octanol–water partition coefficient (Wildman–Crippen LogP) is 3.94. The number of thioether (sulfide) groups is 1. The summed E-state index contributed by atoms with van der Waals surface area (Å²) in [4.78, 5) is 15.4. The molecule has 0 fully saturated rings. The third-order valence-electron chi connectivity index (χ3n) is 3.40. The molecule has 0 bridgehead atoms. The first-order valence-electron chi connectivity index (χ1n) is 8.96. The van der Waals surface area contributed by atoms with E-state index in [1.165, 1.54) is 29.7 Å². The zero-order valence-electron chi connectivity index (χ0n) is 17.2. The molecule has 0 aliphatic rings. The van der Waals surface area contributed by atoms with E-state index in [1.54, 1.807) is 18.0 Å². The van der Waals surface area contributed by atoms with Gasteiger partial charge in [0.15, 0.2) is 0 Å². The molecule has 0 radical (unpaired) electrons. The molecule has 4 rings (SSSR count). The number of rotatable bonds is 4. The maximum atomic E-state index is 5.74. The molecule has 4 nitrogen and oxygen atoms in total. The molecule has 0 saturated carbocycles. The summed E-state index contributed by atoms with van der Waals surface area (Å²) < 4.78 is 0. The summed E-state index contributed by atoms with van der Waals surface area (Å²) in [5.74, 6) is 1.61. The smallest absolute Gasteiger partial charge is 0.788 e. The minimum atomic E-state index is 0. The fourth-order valence-electron chi connectivity index (χ4n) is 2.02. The normalized spacial score (nSPS) is 9.38. The van der Waals surface area contributed by atoms with Gasteiger partial charge in [-0.1, -0.05) is 101 Å². The predicted molar refractivity (Wildman–Crippen MR) is 133 cm³/mol. The molecule has 2 aromatic heterocycles. The van der Waals surface area contributed by atoms with E-state index in [0.29, 0.717) is 15.5 Å². The molecule has 0 spiro atoms. The standard InChI is InChI=1S/C11H9ClN2S.C7H8S.C4H2Cl2N2.Na/c12-10-6-13-7-11(14-10)15-8-9-4-2-1-3-5-9;8-6-7-4-2-1-3-5-7;5-3-1-7-2-4(6)8-3;/h1-7H,8H2;1-5,8H,6H2;1-2H;/q;;;+1/p-1. The first-order chi connectivity index (χ1) is 15.1. The minimum Gasteiger partial charge on any atom is -0.788 e. The number of hydrogen-bond donors (Lipinski definition) is 0. The van der Waals surface area contributed by atoms with Gasteiger partial charge in [-0.05, 0) is 5.56 Å². The summed E-state index contributed by atoms with van der Waals surface area (Å²) in [6.07, 6.45) is 6.11. The van der Waals surface area contributed by atoms with Crippen LogP contribution in [0.1, 0.15) is 11.1 Å². The average Bonchev–Trinajstić information content (AvgIpc) is 2.80. The Bertz CT molecular complexity index is 1010. The van der Waals surface area contributed by atoms with Crippen LogP contribution >= 0.6 is 46.6 Å². The van der Waals surface area contributed by atoms with Crippen molar-refractivity contribution < 1.29 is 29.6 Å². The van der Waals surface area contributed by atoms with Gasteiger partial charge in [-0.15, -0.1) is 11.8 Å². The summed E-state index contributed by atoms with van der Waals surface area (Å²) in [5, 5.41) is 1.93. The molecule has 160 valence electrons.